The van der Waals surface area contributed by atoms with Crippen molar-refractivity contribution in [2.75, 3.05) is 0 Å². The van der Waals surface area contributed by atoms with Crippen molar-refractivity contribution in [2.45, 2.75) is 64.6 Å². The number of nitrogens with one attached hydrogen (secondary N) is 1. The first kappa shape index (κ1) is 26.3. The molecule has 0 bridgehead atoms. The van der Waals surface area contributed by atoms with Crippen LogP contribution in [0.15, 0.2) is 58.4 Å². The van der Waals surface area contributed by atoms with E-state index in [2.05, 4.69) is 46.3 Å². The van der Waals surface area contributed by atoms with Crippen molar-refractivity contribution in [3.8, 4) is 17.1 Å². The second-order valence-corrected chi connectivity index (χ2v) is 11.0. The molecular weight excluding hydrogens is 494 g/mol. The van der Waals surface area contributed by atoms with Crippen LogP contribution in [0.1, 0.15) is 79.8 Å². The van der Waals surface area contributed by atoms with E-state index in [0.29, 0.717) is 23.6 Å². The molecule has 3 heterocycles. The molecule has 202 valence electrons. The number of nitrogens with zero attached hydrogens (tertiary/aromatic N) is 6. The number of hydrogen-bond donors (Lipinski definition) is 1. The summed E-state index contributed by atoms with van der Waals surface area (Å²) in [6.45, 7) is 10.3. The zero-order chi connectivity index (χ0) is 27.7. The number of carbonyl (C=O) groups excluding carboxylic acids is 1. The SMILES string of the molecule is CC(C)Oc1ccc(C(=O)N[C@@H](Cc2ccc(-c3nc(C(C)(C)C)n(C)n3)cc2)c2ncon2)cc1C1C=N1. The maximum atomic E-state index is 13.3. The van der Waals surface area contributed by atoms with Crippen LogP contribution < -0.4 is 10.1 Å². The Hall–Kier alpha value is -4.34. The Morgan fingerprint density at radius 1 is 1.15 bits per heavy atom. The number of benzene rings is 2. The summed E-state index contributed by atoms with van der Waals surface area (Å²) in [6.07, 6.45) is 3.59. The molecule has 1 N–H and O–H groups in total. The zero-order valence-electron chi connectivity index (χ0n) is 23.0. The predicted molar refractivity (Wildman–Crippen MR) is 147 cm³/mol. The molecule has 0 saturated carbocycles. The van der Waals surface area contributed by atoms with Gasteiger partial charge in [-0.2, -0.15) is 10.1 Å². The van der Waals surface area contributed by atoms with Gasteiger partial charge in [0.05, 0.1) is 12.1 Å². The molecule has 39 heavy (non-hydrogen) atoms. The largest absolute Gasteiger partial charge is 0.491 e. The molecular formula is C29H33N7O3. The molecule has 1 aliphatic rings. The number of rotatable bonds is 9. The summed E-state index contributed by atoms with van der Waals surface area (Å²) in [4.78, 5) is 26.5. The Balaban J connectivity index is 1.34. The zero-order valence-corrected chi connectivity index (χ0v) is 23.0. The van der Waals surface area contributed by atoms with E-state index in [1.54, 1.807) is 6.07 Å². The van der Waals surface area contributed by atoms with E-state index in [1.165, 1.54) is 6.39 Å². The minimum absolute atomic E-state index is 0.0187. The summed E-state index contributed by atoms with van der Waals surface area (Å²) < 4.78 is 12.7. The van der Waals surface area contributed by atoms with E-state index in [-0.39, 0.29) is 23.5 Å². The highest BCUT2D eigenvalue weighted by atomic mass is 16.5. The average Bonchev–Trinajstić information content (AvgIpc) is 3.41. The first-order valence-electron chi connectivity index (χ1n) is 13.0. The average molecular weight is 528 g/mol. The van der Waals surface area contributed by atoms with Gasteiger partial charge in [0.15, 0.2) is 11.6 Å². The van der Waals surface area contributed by atoms with Crippen LogP contribution in [0.3, 0.4) is 0 Å². The topological polar surface area (TPSA) is 120 Å². The Morgan fingerprint density at radius 3 is 2.49 bits per heavy atom. The normalized spacial score (nSPS) is 15.4. The van der Waals surface area contributed by atoms with Gasteiger partial charge in [0.1, 0.15) is 17.6 Å². The van der Waals surface area contributed by atoms with Crippen LogP contribution in [0.2, 0.25) is 0 Å². The highest BCUT2D eigenvalue weighted by Crippen LogP contribution is 2.34. The molecule has 0 saturated heterocycles. The fraction of sp³-hybridized carbons (Fsp3) is 0.379. The predicted octanol–water partition coefficient (Wildman–Crippen LogP) is 4.79. The molecule has 1 unspecified atom stereocenters. The van der Waals surface area contributed by atoms with Crippen LogP contribution in [0.25, 0.3) is 11.4 Å². The molecule has 10 heteroatoms. The van der Waals surface area contributed by atoms with Crippen molar-refractivity contribution in [2.24, 2.45) is 12.0 Å². The molecule has 2 aromatic carbocycles. The summed E-state index contributed by atoms with van der Waals surface area (Å²) in [7, 11) is 1.91. The molecule has 2 aromatic heterocycles. The number of aromatic nitrogens is 5. The van der Waals surface area contributed by atoms with Crippen LogP contribution in [0.5, 0.6) is 5.75 Å². The monoisotopic (exact) mass is 527 g/mol. The van der Waals surface area contributed by atoms with Gasteiger partial charge in [0, 0.05) is 41.8 Å². The fourth-order valence-corrected chi connectivity index (χ4v) is 4.45. The van der Waals surface area contributed by atoms with Crippen LogP contribution in [0, 0.1) is 0 Å². The lowest BCUT2D eigenvalue weighted by Gasteiger charge is -2.18. The second-order valence-electron chi connectivity index (χ2n) is 11.0. The van der Waals surface area contributed by atoms with Crippen LogP contribution in [-0.2, 0) is 18.9 Å². The Kier molecular flexibility index (Phi) is 7.03. The van der Waals surface area contributed by atoms with Crippen molar-refractivity contribution >= 4 is 12.1 Å². The third-order valence-corrected chi connectivity index (χ3v) is 6.33. The molecule has 4 aromatic rings. The third kappa shape index (κ3) is 6.05. The lowest BCUT2D eigenvalue weighted by atomic mass is 9.96. The molecule has 0 aliphatic carbocycles. The van der Waals surface area contributed by atoms with Crippen LogP contribution in [-0.4, -0.2) is 43.1 Å². The maximum absolute atomic E-state index is 13.3. The number of amides is 1. The number of hydrogen-bond acceptors (Lipinski definition) is 8. The molecule has 5 rings (SSSR count). The van der Waals surface area contributed by atoms with E-state index >= 15 is 0 Å². The summed E-state index contributed by atoms with van der Waals surface area (Å²) in [6, 6.07) is 12.9. The quantitative estimate of drug-likeness (QED) is 0.332. The van der Waals surface area contributed by atoms with Gasteiger partial charge in [0.25, 0.3) is 5.91 Å². The molecule has 0 radical (unpaired) electrons. The van der Waals surface area contributed by atoms with Gasteiger partial charge >= 0.3 is 0 Å². The molecule has 10 nitrogen and oxygen atoms in total. The first-order valence-corrected chi connectivity index (χ1v) is 13.0. The van der Waals surface area contributed by atoms with Crippen LogP contribution in [0.4, 0.5) is 0 Å². The van der Waals surface area contributed by atoms with E-state index in [4.69, 9.17) is 14.2 Å². The number of carbonyl (C=O) groups is 1. The maximum Gasteiger partial charge on any atom is 0.251 e. The Bertz CT molecular complexity index is 1480. The summed E-state index contributed by atoms with van der Waals surface area (Å²) in [5.41, 5.74) is 3.19. The number of aryl methyl sites for hydroxylation is 1. The molecule has 0 fully saturated rings. The number of ether oxygens (including phenoxy) is 1. The molecule has 1 aliphatic heterocycles. The van der Waals surface area contributed by atoms with Gasteiger partial charge in [0.2, 0.25) is 6.39 Å². The minimum atomic E-state index is -0.491. The fourth-order valence-electron chi connectivity index (χ4n) is 4.45. The second kappa shape index (κ2) is 10.4. The van der Waals surface area contributed by atoms with Crippen molar-refractivity contribution < 1.29 is 14.1 Å². The van der Waals surface area contributed by atoms with Gasteiger partial charge in [-0.1, -0.05) is 50.2 Å². The Morgan fingerprint density at radius 2 is 1.90 bits per heavy atom. The summed E-state index contributed by atoms with van der Waals surface area (Å²) in [5, 5.41) is 11.7. The molecule has 1 amide bonds. The summed E-state index contributed by atoms with van der Waals surface area (Å²) in [5.74, 6) is 2.49. The van der Waals surface area contributed by atoms with Crippen molar-refractivity contribution in [3.63, 3.8) is 0 Å². The van der Waals surface area contributed by atoms with E-state index in [9.17, 15) is 4.79 Å². The van der Waals surface area contributed by atoms with Crippen LogP contribution >= 0.6 is 0 Å². The van der Waals surface area contributed by atoms with Gasteiger partial charge in [-0.3, -0.25) is 14.5 Å². The van der Waals surface area contributed by atoms with Gasteiger partial charge in [-0.25, -0.2) is 4.98 Å². The van der Waals surface area contributed by atoms with Gasteiger partial charge in [-0.05, 0) is 37.6 Å². The van der Waals surface area contributed by atoms with E-state index < -0.39 is 6.04 Å². The first-order chi connectivity index (χ1) is 18.6. The Labute approximate surface area is 227 Å². The van der Waals surface area contributed by atoms with Gasteiger partial charge < -0.3 is 14.6 Å². The highest BCUT2D eigenvalue weighted by Gasteiger charge is 2.26. The van der Waals surface area contributed by atoms with E-state index in [1.807, 2.05) is 68.2 Å². The third-order valence-electron chi connectivity index (χ3n) is 6.33. The minimum Gasteiger partial charge on any atom is -0.491 e. The van der Waals surface area contributed by atoms with Crippen molar-refractivity contribution in [3.05, 3.63) is 77.2 Å². The highest BCUT2D eigenvalue weighted by molar-refractivity contribution is 5.95. The number of aliphatic imine (C=N–C) groups is 1. The summed E-state index contributed by atoms with van der Waals surface area (Å²) >= 11 is 0. The lowest BCUT2D eigenvalue weighted by Crippen LogP contribution is -2.31. The van der Waals surface area contributed by atoms with Crippen molar-refractivity contribution in [1.82, 2.24) is 30.2 Å². The van der Waals surface area contributed by atoms with E-state index in [0.717, 1.165) is 28.3 Å². The lowest BCUT2D eigenvalue weighted by molar-refractivity contribution is 0.0934. The standard InChI is InChI=1S/C29H33N7O3/c1-17(2)39-24-12-11-20(14-21(24)23-15-30-23)27(37)32-22(26-31-16-38-35-26)13-18-7-9-19(10-8-18)25-33-28(29(3,4)5)36(6)34-25/h7-12,14-17,22-23H,13H2,1-6H3,(H,32,37)/t22-,23?/m0/s1. The molecule has 2 atom stereocenters. The van der Waals surface area contributed by atoms with Crippen molar-refractivity contribution in [1.29, 1.82) is 0 Å². The smallest absolute Gasteiger partial charge is 0.251 e. The molecule has 0 spiro atoms. The van der Waals surface area contributed by atoms with Gasteiger partial charge in [-0.15, -0.1) is 0 Å².